The molecule has 0 bridgehead atoms. The first kappa shape index (κ1) is 11.7. The fourth-order valence-corrected chi connectivity index (χ4v) is 1.45. The maximum absolute atomic E-state index is 12.5. The lowest BCUT2D eigenvalue weighted by Gasteiger charge is -2.22. The summed E-state index contributed by atoms with van der Waals surface area (Å²) in [6.45, 7) is 0. The number of carbonyl (C=O) groups is 1. The van der Waals surface area contributed by atoms with Crippen molar-refractivity contribution in [2.45, 2.75) is 31.5 Å². The van der Waals surface area contributed by atoms with Gasteiger partial charge < -0.3 is 10.4 Å². The van der Waals surface area contributed by atoms with E-state index in [9.17, 15) is 18.0 Å². The lowest BCUT2D eigenvalue weighted by molar-refractivity contribution is -0.189. The minimum Gasteiger partial charge on any atom is -0.465 e. The summed E-state index contributed by atoms with van der Waals surface area (Å²) in [5, 5.41) is 10.2. The molecule has 84 valence electrons. The smallest absolute Gasteiger partial charge is 0.405 e. The molecule has 0 radical (unpaired) electrons. The maximum atomic E-state index is 12.5. The molecule has 0 aliphatic heterocycles. The van der Waals surface area contributed by atoms with Gasteiger partial charge in [0.1, 0.15) is 0 Å². The van der Waals surface area contributed by atoms with Crippen LogP contribution in [-0.4, -0.2) is 23.4 Å². The predicted octanol–water partition coefficient (Wildman–Crippen LogP) is 1.99. The highest BCUT2D eigenvalue weighted by molar-refractivity contribution is 5.65. The van der Waals surface area contributed by atoms with Crippen LogP contribution >= 0.6 is 0 Å². The minimum absolute atomic E-state index is 0.0238. The van der Waals surface area contributed by atoms with Gasteiger partial charge in [0.05, 0.1) is 11.5 Å². The van der Waals surface area contributed by atoms with Gasteiger partial charge in [-0.1, -0.05) is 5.92 Å². The lowest BCUT2D eigenvalue weighted by Crippen LogP contribution is -2.38. The molecule has 0 heterocycles. The van der Waals surface area contributed by atoms with Crippen LogP contribution in [-0.2, 0) is 0 Å². The summed E-state index contributed by atoms with van der Waals surface area (Å²) in [6.07, 6.45) is -1.08. The van der Waals surface area contributed by atoms with Crippen molar-refractivity contribution in [1.29, 1.82) is 0 Å². The Labute approximate surface area is 84.7 Å². The Morgan fingerprint density at radius 3 is 2.40 bits per heavy atom. The van der Waals surface area contributed by atoms with Crippen molar-refractivity contribution in [3.8, 4) is 12.3 Å². The third kappa shape index (κ3) is 2.55. The van der Waals surface area contributed by atoms with E-state index in [2.05, 4.69) is 0 Å². The first-order chi connectivity index (χ1) is 6.81. The summed E-state index contributed by atoms with van der Waals surface area (Å²) < 4.78 is 37.5. The number of terminal acetylenes is 1. The molecule has 1 saturated carbocycles. The van der Waals surface area contributed by atoms with Crippen molar-refractivity contribution in [2.75, 3.05) is 0 Å². The van der Waals surface area contributed by atoms with Crippen LogP contribution in [0.3, 0.4) is 0 Å². The molecule has 0 aromatic carbocycles. The van der Waals surface area contributed by atoms with Gasteiger partial charge in [-0.05, 0) is 19.3 Å². The molecule has 2 N–H and O–H groups in total. The summed E-state index contributed by atoms with van der Waals surface area (Å²) in [6, 6.07) is -1.08. The Morgan fingerprint density at radius 2 is 2.13 bits per heavy atom. The zero-order valence-electron chi connectivity index (χ0n) is 7.77. The SMILES string of the molecule is C#C[C@@H](CC1(C(F)(F)F)CC1)NC(=O)O. The van der Waals surface area contributed by atoms with E-state index in [1.54, 1.807) is 0 Å². The molecule has 0 aromatic heterocycles. The van der Waals surface area contributed by atoms with Gasteiger partial charge in [0.2, 0.25) is 0 Å². The summed E-state index contributed by atoms with van der Waals surface area (Å²) in [4.78, 5) is 10.2. The van der Waals surface area contributed by atoms with E-state index in [0.29, 0.717) is 0 Å². The minimum atomic E-state index is -4.30. The molecular weight excluding hydrogens is 211 g/mol. The van der Waals surface area contributed by atoms with Crippen LogP contribution in [0.4, 0.5) is 18.0 Å². The number of amides is 1. The van der Waals surface area contributed by atoms with Gasteiger partial charge in [0, 0.05) is 0 Å². The zero-order valence-corrected chi connectivity index (χ0v) is 7.77. The summed E-state index contributed by atoms with van der Waals surface area (Å²) >= 11 is 0. The Hall–Kier alpha value is -1.38. The zero-order chi connectivity index (χ0) is 11.7. The first-order valence-electron chi connectivity index (χ1n) is 4.33. The average Bonchev–Trinajstić information content (AvgIpc) is 2.82. The molecule has 0 spiro atoms. The fraction of sp³-hybridized carbons (Fsp3) is 0.667. The number of hydrogen-bond donors (Lipinski definition) is 2. The van der Waals surface area contributed by atoms with E-state index in [4.69, 9.17) is 11.5 Å². The van der Waals surface area contributed by atoms with E-state index >= 15 is 0 Å². The van der Waals surface area contributed by atoms with Gasteiger partial charge in [-0.15, -0.1) is 6.42 Å². The Kier molecular flexibility index (Phi) is 2.84. The molecule has 1 aliphatic carbocycles. The number of carboxylic acid groups (broad SMARTS) is 1. The monoisotopic (exact) mass is 221 g/mol. The molecular formula is C9H10F3NO2. The van der Waals surface area contributed by atoms with Crippen molar-refractivity contribution in [2.24, 2.45) is 5.41 Å². The quantitative estimate of drug-likeness (QED) is 0.716. The van der Waals surface area contributed by atoms with Crippen LogP contribution in [0.2, 0.25) is 0 Å². The standard InChI is InChI=1S/C9H10F3NO2/c1-2-6(13-7(14)15)5-8(3-4-8)9(10,11)12/h1,6,13H,3-5H2,(H,14,15)/t6-/m0/s1. The van der Waals surface area contributed by atoms with Gasteiger partial charge in [-0.2, -0.15) is 13.2 Å². The van der Waals surface area contributed by atoms with Gasteiger partial charge in [-0.3, -0.25) is 0 Å². The molecule has 1 rings (SSSR count). The van der Waals surface area contributed by atoms with Crippen LogP contribution in [0, 0.1) is 17.8 Å². The molecule has 15 heavy (non-hydrogen) atoms. The second-order valence-electron chi connectivity index (χ2n) is 3.65. The van der Waals surface area contributed by atoms with Crippen molar-refractivity contribution in [3.63, 3.8) is 0 Å². The number of halogens is 3. The largest absolute Gasteiger partial charge is 0.465 e. The van der Waals surface area contributed by atoms with Crippen molar-refractivity contribution in [3.05, 3.63) is 0 Å². The Morgan fingerprint density at radius 1 is 1.60 bits per heavy atom. The second kappa shape index (κ2) is 3.65. The number of rotatable bonds is 3. The molecule has 6 heteroatoms. The second-order valence-corrected chi connectivity index (χ2v) is 3.65. The third-order valence-corrected chi connectivity index (χ3v) is 2.55. The van der Waals surface area contributed by atoms with E-state index in [1.807, 2.05) is 11.2 Å². The van der Waals surface area contributed by atoms with Crippen molar-refractivity contribution < 1.29 is 23.1 Å². The van der Waals surface area contributed by atoms with E-state index < -0.39 is 23.7 Å². The van der Waals surface area contributed by atoms with Crippen molar-refractivity contribution in [1.82, 2.24) is 5.32 Å². The van der Waals surface area contributed by atoms with Crippen LogP contribution < -0.4 is 5.32 Å². The number of alkyl halides is 3. The number of nitrogens with one attached hydrogen (secondary N) is 1. The first-order valence-corrected chi connectivity index (χ1v) is 4.33. The normalized spacial score (nSPS) is 20.1. The highest BCUT2D eigenvalue weighted by atomic mass is 19.4. The maximum Gasteiger partial charge on any atom is 0.405 e. The molecule has 1 atom stereocenters. The van der Waals surface area contributed by atoms with Gasteiger partial charge in [0.25, 0.3) is 0 Å². The van der Waals surface area contributed by atoms with E-state index in [0.717, 1.165) is 0 Å². The Balaban J connectivity index is 2.61. The summed E-state index contributed by atoms with van der Waals surface area (Å²) in [7, 11) is 0. The van der Waals surface area contributed by atoms with Crippen molar-refractivity contribution >= 4 is 6.09 Å². The molecule has 0 aromatic rings. The average molecular weight is 221 g/mol. The molecule has 1 amide bonds. The van der Waals surface area contributed by atoms with Crippen LogP contribution in [0.25, 0.3) is 0 Å². The molecule has 1 fully saturated rings. The highest BCUT2D eigenvalue weighted by Gasteiger charge is 2.63. The molecule has 0 unspecified atom stereocenters. The molecule has 3 nitrogen and oxygen atoms in total. The Bertz CT molecular complexity index is 301. The summed E-state index contributed by atoms with van der Waals surface area (Å²) in [5.41, 5.74) is -1.77. The van der Waals surface area contributed by atoms with Crippen LogP contribution in [0.1, 0.15) is 19.3 Å². The topological polar surface area (TPSA) is 49.3 Å². The van der Waals surface area contributed by atoms with Gasteiger partial charge in [0.15, 0.2) is 0 Å². The van der Waals surface area contributed by atoms with E-state index in [1.165, 1.54) is 0 Å². The number of hydrogen-bond acceptors (Lipinski definition) is 1. The predicted molar refractivity (Wildman–Crippen MR) is 46.1 cm³/mol. The van der Waals surface area contributed by atoms with E-state index in [-0.39, 0.29) is 19.3 Å². The summed E-state index contributed by atoms with van der Waals surface area (Å²) in [5.74, 6) is 2.01. The molecule has 1 aliphatic rings. The van der Waals surface area contributed by atoms with Gasteiger partial charge in [-0.25, -0.2) is 4.79 Å². The fourth-order valence-electron chi connectivity index (χ4n) is 1.45. The van der Waals surface area contributed by atoms with Gasteiger partial charge >= 0.3 is 12.3 Å². The lowest BCUT2D eigenvalue weighted by atomic mass is 9.96. The van der Waals surface area contributed by atoms with Crippen LogP contribution in [0.5, 0.6) is 0 Å². The van der Waals surface area contributed by atoms with Crippen LogP contribution in [0.15, 0.2) is 0 Å². The third-order valence-electron chi connectivity index (χ3n) is 2.55. The molecule has 0 saturated heterocycles. The highest BCUT2D eigenvalue weighted by Crippen LogP contribution is 2.60.